The number of benzene rings is 1. The molecule has 0 spiro atoms. The molecule has 2 nitrogen and oxygen atoms in total. The van der Waals surface area contributed by atoms with E-state index in [9.17, 15) is 0 Å². The van der Waals surface area contributed by atoms with Crippen LogP contribution in [0.25, 0.3) is 0 Å². The van der Waals surface area contributed by atoms with Gasteiger partial charge < -0.3 is 9.64 Å². The lowest BCUT2D eigenvalue weighted by Gasteiger charge is -2.35. The Morgan fingerprint density at radius 3 is 2.35 bits per heavy atom. The maximum Gasteiger partial charge on any atom is 0.0572 e. The van der Waals surface area contributed by atoms with Crippen LogP contribution in [-0.2, 0) is 4.74 Å². The Morgan fingerprint density at radius 1 is 1.24 bits per heavy atom. The van der Waals surface area contributed by atoms with E-state index in [1.54, 1.807) is 0 Å². The third kappa shape index (κ3) is 3.23. The summed E-state index contributed by atoms with van der Waals surface area (Å²) in [5, 5.41) is 0. The minimum Gasteiger partial charge on any atom is -0.381 e. The molecule has 17 heavy (non-hydrogen) atoms. The van der Waals surface area contributed by atoms with Crippen molar-refractivity contribution in [1.82, 2.24) is 0 Å². The molecule has 0 amide bonds. The summed E-state index contributed by atoms with van der Waals surface area (Å²) in [6.45, 7) is 4.46. The lowest BCUT2D eigenvalue weighted by atomic mass is 9.92. The standard InChI is InChI=1S/C14H20BrNO/c1-11(17-2)12-7-9-16(10-8-12)14-5-3-13(15)4-6-14/h3-6,11-12H,7-10H2,1-2H3. The van der Waals surface area contributed by atoms with Gasteiger partial charge in [0.25, 0.3) is 0 Å². The van der Waals surface area contributed by atoms with Crippen LogP contribution in [-0.4, -0.2) is 26.3 Å². The fourth-order valence-electron chi connectivity index (χ4n) is 2.47. The Hall–Kier alpha value is -0.540. The molecule has 1 fully saturated rings. The molecule has 94 valence electrons. The van der Waals surface area contributed by atoms with E-state index >= 15 is 0 Å². The minimum atomic E-state index is 0.391. The number of hydrogen-bond acceptors (Lipinski definition) is 2. The molecule has 3 heteroatoms. The quantitative estimate of drug-likeness (QED) is 0.843. The predicted octanol–water partition coefficient (Wildman–Crippen LogP) is 3.70. The van der Waals surface area contributed by atoms with Crippen LogP contribution in [0.5, 0.6) is 0 Å². The molecule has 1 saturated heterocycles. The van der Waals surface area contributed by atoms with Crippen LogP contribution in [0.3, 0.4) is 0 Å². The number of piperidine rings is 1. The van der Waals surface area contributed by atoms with Crippen LogP contribution in [0.1, 0.15) is 19.8 Å². The zero-order chi connectivity index (χ0) is 12.3. The zero-order valence-electron chi connectivity index (χ0n) is 10.5. The third-order valence-electron chi connectivity index (χ3n) is 3.77. The Labute approximate surface area is 112 Å². The number of hydrogen-bond donors (Lipinski definition) is 0. The van der Waals surface area contributed by atoms with Gasteiger partial charge in [-0.25, -0.2) is 0 Å². The average molecular weight is 298 g/mol. The highest BCUT2D eigenvalue weighted by Crippen LogP contribution is 2.27. The van der Waals surface area contributed by atoms with Gasteiger partial charge >= 0.3 is 0 Å². The van der Waals surface area contributed by atoms with Gasteiger partial charge in [-0.2, -0.15) is 0 Å². The maximum atomic E-state index is 5.42. The van der Waals surface area contributed by atoms with Crippen molar-refractivity contribution in [2.45, 2.75) is 25.9 Å². The molecular weight excluding hydrogens is 278 g/mol. The second-order valence-electron chi connectivity index (χ2n) is 4.74. The summed E-state index contributed by atoms with van der Waals surface area (Å²) < 4.78 is 6.56. The summed E-state index contributed by atoms with van der Waals surface area (Å²) in [7, 11) is 1.81. The molecule has 1 aliphatic heterocycles. The van der Waals surface area contributed by atoms with Crippen molar-refractivity contribution >= 4 is 21.6 Å². The second-order valence-corrected chi connectivity index (χ2v) is 5.66. The van der Waals surface area contributed by atoms with Gasteiger partial charge in [-0.1, -0.05) is 15.9 Å². The molecule has 0 N–H and O–H groups in total. The lowest BCUT2D eigenvalue weighted by molar-refractivity contribution is 0.0564. The summed E-state index contributed by atoms with van der Waals surface area (Å²) in [6, 6.07) is 8.59. The highest BCUT2D eigenvalue weighted by molar-refractivity contribution is 9.10. The highest BCUT2D eigenvalue weighted by atomic mass is 79.9. The number of nitrogens with zero attached hydrogens (tertiary/aromatic N) is 1. The highest BCUT2D eigenvalue weighted by Gasteiger charge is 2.23. The maximum absolute atomic E-state index is 5.42. The first-order chi connectivity index (χ1) is 8.20. The van der Waals surface area contributed by atoms with Crippen LogP contribution in [0, 0.1) is 5.92 Å². The van der Waals surface area contributed by atoms with E-state index in [1.165, 1.54) is 18.5 Å². The monoisotopic (exact) mass is 297 g/mol. The normalized spacial score (nSPS) is 19.4. The molecule has 0 radical (unpaired) electrons. The summed E-state index contributed by atoms with van der Waals surface area (Å²) in [5.74, 6) is 0.715. The Balaban J connectivity index is 1.93. The number of halogens is 1. The van der Waals surface area contributed by atoms with Crippen LogP contribution >= 0.6 is 15.9 Å². The molecule has 2 rings (SSSR count). The molecule has 1 heterocycles. The van der Waals surface area contributed by atoms with Crippen LogP contribution in [0.4, 0.5) is 5.69 Å². The van der Waals surface area contributed by atoms with Gasteiger partial charge in [-0.05, 0) is 49.9 Å². The molecule has 1 aliphatic rings. The van der Waals surface area contributed by atoms with E-state index in [4.69, 9.17) is 4.74 Å². The zero-order valence-corrected chi connectivity index (χ0v) is 12.1. The van der Waals surface area contributed by atoms with Crippen molar-refractivity contribution in [2.24, 2.45) is 5.92 Å². The van der Waals surface area contributed by atoms with Gasteiger partial charge in [0.05, 0.1) is 6.10 Å². The largest absolute Gasteiger partial charge is 0.381 e. The van der Waals surface area contributed by atoms with Crippen molar-refractivity contribution in [3.8, 4) is 0 Å². The summed E-state index contributed by atoms with van der Waals surface area (Å²) >= 11 is 3.47. The van der Waals surface area contributed by atoms with E-state index in [2.05, 4.69) is 52.0 Å². The molecule has 0 bridgehead atoms. The molecule has 1 aromatic carbocycles. The van der Waals surface area contributed by atoms with Gasteiger partial charge in [-0.15, -0.1) is 0 Å². The topological polar surface area (TPSA) is 12.5 Å². The van der Waals surface area contributed by atoms with Crippen molar-refractivity contribution in [2.75, 3.05) is 25.1 Å². The summed E-state index contributed by atoms with van der Waals surface area (Å²) in [5.41, 5.74) is 1.33. The average Bonchev–Trinajstić information content (AvgIpc) is 2.39. The smallest absolute Gasteiger partial charge is 0.0572 e. The van der Waals surface area contributed by atoms with E-state index in [-0.39, 0.29) is 0 Å². The number of methoxy groups -OCH3 is 1. The molecule has 1 unspecified atom stereocenters. The van der Waals surface area contributed by atoms with Gasteiger partial charge in [-0.3, -0.25) is 0 Å². The summed E-state index contributed by atoms with van der Waals surface area (Å²) in [6.07, 6.45) is 2.85. The molecule has 0 aliphatic carbocycles. The van der Waals surface area contributed by atoms with Gasteiger partial charge in [0.1, 0.15) is 0 Å². The van der Waals surface area contributed by atoms with Crippen molar-refractivity contribution < 1.29 is 4.74 Å². The first kappa shape index (κ1) is 12.9. The Morgan fingerprint density at radius 2 is 1.82 bits per heavy atom. The van der Waals surface area contributed by atoms with E-state index in [1.807, 2.05) is 7.11 Å². The molecular formula is C14H20BrNO. The van der Waals surface area contributed by atoms with Crippen LogP contribution in [0.2, 0.25) is 0 Å². The number of ether oxygens (including phenoxy) is 1. The first-order valence-electron chi connectivity index (χ1n) is 6.24. The van der Waals surface area contributed by atoms with Gasteiger partial charge in [0, 0.05) is 30.4 Å². The Kier molecular flexibility index (Phi) is 4.46. The van der Waals surface area contributed by atoms with Crippen molar-refractivity contribution in [1.29, 1.82) is 0 Å². The fraction of sp³-hybridized carbons (Fsp3) is 0.571. The SMILES string of the molecule is COC(C)C1CCN(c2ccc(Br)cc2)CC1. The minimum absolute atomic E-state index is 0.391. The van der Waals surface area contributed by atoms with Crippen LogP contribution in [0.15, 0.2) is 28.7 Å². The molecule has 1 atom stereocenters. The third-order valence-corrected chi connectivity index (χ3v) is 4.30. The molecule has 1 aromatic rings. The fourth-order valence-corrected chi connectivity index (χ4v) is 2.74. The van der Waals surface area contributed by atoms with Crippen molar-refractivity contribution in [3.05, 3.63) is 28.7 Å². The van der Waals surface area contributed by atoms with E-state index in [0.29, 0.717) is 12.0 Å². The Bertz CT molecular complexity index is 344. The molecule has 0 aromatic heterocycles. The lowest BCUT2D eigenvalue weighted by Crippen LogP contribution is -2.37. The number of anilines is 1. The van der Waals surface area contributed by atoms with Gasteiger partial charge in [0.2, 0.25) is 0 Å². The first-order valence-corrected chi connectivity index (χ1v) is 7.03. The molecule has 0 saturated carbocycles. The number of rotatable bonds is 3. The summed E-state index contributed by atoms with van der Waals surface area (Å²) in [4.78, 5) is 2.46. The van der Waals surface area contributed by atoms with Crippen LogP contribution < -0.4 is 4.90 Å². The predicted molar refractivity (Wildman–Crippen MR) is 75.6 cm³/mol. The van der Waals surface area contributed by atoms with Gasteiger partial charge in [0.15, 0.2) is 0 Å². The second kappa shape index (κ2) is 5.87. The van der Waals surface area contributed by atoms with E-state index < -0.39 is 0 Å². The van der Waals surface area contributed by atoms with E-state index in [0.717, 1.165) is 17.6 Å². The van der Waals surface area contributed by atoms with Crippen molar-refractivity contribution in [3.63, 3.8) is 0 Å².